The highest BCUT2D eigenvalue weighted by molar-refractivity contribution is 5.71. The molecular weight excluding hydrogens is 338 g/mol. The molecule has 140 valence electrons. The summed E-state index contributed by atoms with van der Waals surface area (Å²) in [6, 6.07) is 12.3. The van der Waals surface area contributed by atoms with Crippen LogP contribution in [0.5, 0.6) is 17.2 Å². The van der Waals surface area contributed by atoms with Crippen LogP contribution in [0.1, 0.15) is 25.0 Å². The van der Waals surface area contributed by atoms with Gasteiger partial charge in [-0.25, -0.2) is 0 Å². The molecule has 2 aliphatic rings. The van der Waals surface area contributed by atoms with E-state index in [1.807, 2.05) is 24.3 Å². The van der Waals surface area contributed by atoms with E-state index in [4.69, 9.17) is 14.2 Å². The van der Waals surface area contributed by atoms with E-state index >= 15 is 0 Å². The van der Waals surface area contributed by atoms with E-state index in [2.05, 4.69) is 62.2 Å². The van der Waals surface area contributed by atoms with Gasteiger partial charge in [0.05, 0.1) is 19.6 Å². The van der Waals surface area contributed by atoms with Gasteiger partial charge in [0.2, 0.25) is 5.72 Å². The van der Waals surface area contributed by atoms with Gasteiger partial charge in [0, 0.05) is 24.4 Å². The molecule has 27 heavy (non-hydrogen) atoms. The van der Waals surface area contributed by atoms with Crippen LogP contribution in [0.2, 0.25) is 0 Å². The second-order valence-electron chi connectivity index (χ2n) is 7.47. The number of anilines is 1. The number of methoxy groups -OCH3 is 2. The first kappa shape index (κ1) is 17.5. The molecule has 2 aromatic carbocycles. The topological polar surface area (TPSA) is 30.9 Å². The van der Waals surface area contributed by atoms with E-state index in [0.29, 0.717) is 11.5 Å². The number of allylic oxidation sites excluding steroid dienone is 2. The van der Waals surface area contributed by atoms with Crippen molar-refractivity contribution in [1.82, 2.24) is 0 Å². The lowest BCUT2D eigenvalue weighted by Gasteiger charge is -2.44. The molecule has 0 aliphatic carbocycles. The summed E-state index contributed by atoms with van der Waals surface area (Å²) in [6.07, 6.45) is 8.24. The Balaban J connectivity index is 1.94. The van der Waals surface area contributed by atoms with Gasteiger partial charge in [0.25, 0.3) is 0 Å². The van der Waals surface area contributed by atoms with Gasteiger partial charge >= 0.3 is 0 Å². The average molecular weight is 363 g/mol. The Hall–Kier alpha value is -2.88. The molecule has 0 saturated heterocycles. The largest absolute Gasteiger partial charge is 0.497 e. The zero-order valence-electron chi connectivity index (χ0n) is 16.4. The molecule has 0 saturated carbocycles. The summed E-state index contributed by atoms with van der Waals surface area (Å²) in [6.45, 7) is 4.45. The third-order valence-electron chi connectivity index (χ3n) is 5.81. The van der Waals surface area contributed by atoms with Gasteiger partial charge in [-0.2, -0.15) is 0 Å². The molecule has 1 atom stereocenters. The van der Waals surface area contributed by atoms with Gasteiger partial charge in [0.15, 0.2) is 11.5 Å². The number of ether oxygens (including phenoxy) is 3. The maximum absolute atomic E-state index is 6.82. The highest BCUT2D eigenvalue weighted by atomic mass is 16.5. The summed E-state index contributed by atoms with van der Waals surface area (Å²) in [5.41, 5.74) is 2.40. The van der Waals surface area contributed by atoms with E-state index in [1.54, 1.807) is 14.2 Å². The predicted molar refractivity (Wildman–Crippen MR) is 109 cm³/mol. The fourth-order valence-corrected chi connectivity index (χ4v) is 4.24. The van der Waals surface area contributed by atoms with E-state index in [-0.39, 0.29) is 5.41 Å². The van der Waals surface area contributed by atoms with Gasteiger partial charge in [-0.3, -0.25) is 0 Å². The van der Waals surface area contributed by atoms with E-state index in [9.17, 15) is 0 Å². The van der Waals surface area contributed by atoms with Crippen molar-refractivity contribution < 1.29 is 14.2 Å². The maximum Gasteiger partial charge on any atom is 0.212 e. The lowest BCUT2D eigenvalue weighted by atomic mass is 9.77. The Kier molecular flexibility index (Phi) is 3.95. The van der Waals surface area contributed by atoms with Crippen LogP contribution in [-0.2, 0) is 5.41 Å². The summed E-state index contributed by atoms with van der Waals surface area (Å²) in [5.74, 6) is 2.11. The molecular formula is C23H25NO3. The van der Waals surface area contributed by atoms with Crippen molar-refractivity contribution in [3.05, 3.63) is 65.8 Å². The Morgan fingerprint density at radius 1 is 1.00 bits per heavy atom. The Morgan fingerprint density at radius 2 is 1.78 bits per heavy atom. The standard InChI is InChI=1S/C23H25NO3/c1-22(2)18-11-6-7-12-19(18)24(3)23(22)13-9-8-10-16-14-17(25-4)15-20(26-5)21(16)27-23/h6-15H,1-5H3/b10-8-,13-9-. The van der Waals surface area contributed by atoms with Crippen LogP contribution >= 0.6 is 0 Å². The van der Waals surface area contributed by atoms with Crippen LogP contribution in [0.25, 0.3) is 6.08 Å². The first-order chi connectivity index (χ1) is 12.9. The number of rotatable bonds is 2. The SMILES string of the molecule is COc1cc2c(c(OC)c1)OC1(/C=C\C=C/2)N(C)c2ccccc2C1(C)C. The fraction of sp³-hybridized carbons (Fsp3) is 0.304. The Labute approximate surface area is 160 Å². The van der Waals surface area contributed by atoms with Crippen molar-refractivity contribution in [2.75, 3.05) is 26.2 Å². The minimum atomic E-state index is -0.682. The number of likely N-dealkylation sites (N-methyl/N-ethyl adjacent to an activating group) is 1. The molecule has 0 aromatic heterocycles. The van der Waals surface area contributed by atoms with Crippen molar-refractivity contribution in [1.29, 1.82) is 0 Å². The van der Waals surface area contributed by atoms with Crippen LogP contribution in [0.3, 0.4) is 0 Å². The van der Waals surface area contributed by atoms with Crippen molar-refractivity contribution in [3.8, 4) is 17.2 Å². The van der Waals surface area contributed by atoms with Crippen molar-refractivity contribution in [2.24, 2.45) is 0 Å². The summed E-state index contributed by atoms with van der Waals surface area (Å²) in [5, 5.41) is 0. The molecule has 0 amide bonds. The molecule has 0 N–H and O–H groups in total. The zero-order valence-corrected chi connectivity index (χ0v) is 16.4. The minimum Gasteiger partial charge on any atom is -0.497 e. The monoisotopic (exact) mass is 363 g/mol. The van der Waals surface area contributed by atoms with Gasteiger partial charge in [0.1, 0.15) is 5.75 Å². The van der Waals surface area contributed by atoms with E-state index in [0.717, 1.165) is 11.3 Å². The number of hydrogen-bond donors (Lipinski definition) is 0. The molecule has 4 rings (SSSR count). The van der Waals surface area contributed by atoms with Gasteiger partial charge in [-0.1, -0.05) is 36.4 Å². The minimum absolute atomic E-state index is 0.276. The molecule has 4 nitrogen and oxygen atoms in total. The zero-order chi connectivity index (χ0) is 19.2. The van der Waals surface area contributed by atoms with E-state index in [1.165, 1.54) is 11.3 Å². The lowest BCUT2D eigenvalue weighted by molar-refractivity contribution is 0.0569. The van der Waals surface area contributed by atoms with Crippen LogP contribution in [0, 0.1) is 0 Å². The smallest absolute Gasteiger partial charge is 0.212 e. The second-order valence-corrected chi connectivity index (χ2v) is 7.47. The highest BCUT2D eigenvalue weighted by Crippen LogP contribution is 2.54. The van der Waals surface area contributed by atoms with Crippen molar-refractivity contribution >= 4 is 11.8 Å². The third-order valence-corrected chi connectivity index (χ3v) is 5.81. The Morgan fingerprint density at radius 3 is 2.48 bits per heavy atom. The number of benzene rings is 2. The molecule has 0 radical (unpaired) electrons. The quantitative estimate of drug-likeness (QED) is 0.768. The lowest BCUT2D eigenvalue weighted by Crippen LogP contribution is -2.57. The highest BCUT2D eigenvalue weighted by Gasteiger charge is 2.57. The van der Waals surface area contributed by atoms with Crippen LogP contribution < -0.4 is 19.1 Å². The van der Waals surface area contributed by atoms with Crippen molar-refractivity contribution in [3.63, 3.8) is 0 Å². The molecule has 2 heterocycles. The molecule has 0 bridgehead atoms. The van der Waals surface area contributed by atoms with Gasteiger partial charge in [-0.15, -0.1) is 0 Å². The molecule has 0 fully saturated rings. The number of fused-ring (bicyclic) bond motifs is 2. The normalized spacial score (nSPS) is 24.3. The molecule has 1 spiro atoms. The van der Waals surface area contributed by atoms with Crippen molar-refractivity contribution in [2.45, 2.75) is 25.0 Å². The summed E-state index contributed by atoms with van der Waals surface area (Å²) >= 11 is 0. The molecule has 2 aliphatic heterocycles. The maximum atomic E-state index is 6.82. The first-order valence-corrected chi connectivity index (χ1v) is 9.09. The Bertz CT molecular complexity index is 945. The van der Waals surface area contributed by atoms with Gasteiger partial charge in [-0.05, 0) is 37.6 Å². The summed E-state index contributed by atoms with van der Waals surface area (Å²) in [4.78, 5) is 2.21. The van der Waals surface area contributed by atoms with Gasteiger partial charge < -0.3 is 19.1 Å². The molecule has 4 heteroatoms. The summed E-state index contributed by atoms with van der Waals surface area (Å²) < 4.78 is 17.9. The second kappa shape index (κ2) is 6.08. The summed E-state index contributed by atoms with van der Waals surface area (Å²) in [7, 11) is 5.39. The average Bonchev–Trinajstić information content (AvgIpc) is 2.83. The molecule has 1 unspecified atom stereocenters. The predicted octanol–water partition coefficient (Wildman–Crippen LogP) is 4.79. The molecule has 2 aromatic rings. The van der Waals surface area contributed by atoms with E-state index < -0.39 is 5.72 Å². The van der Waals surface area contributed by atoms with Crippen LogP contribution in [-0.4, -0.2) is 27.0 Å². The number of nitrogens with zero attached hydrogens (tertiary/aromatic N) is 1. The fourth-order valence-electron chi connectivity index (χ4n) is 4.24. The first-order valence-electron chi connectivity index (χ1n) is 9.09. The third kappa shape index (κ3) is 2.36. The van der Waals surface area contributed by atoms with Crippen LogP contribution in [0.15, 0.2) is 54.6 Å². The number of hydrogen-bond acceptors (Lipinski definition) is 4. The number of para-hydroxylation sites is 1. The van der Waals surface area contributed by atoms with Crippen LogP contribution in [0.4, 0.5) is 5.69 Å².